The monoisotopic (exact) mass is 390 g/mol. The predicted molar refractivity (Wildman–Crippen MR) is 122 cm³/mol. The average Bonchev–Trinajstić information content (AvgIpc) is 2.75. The summed E-state index contributed by atoms with van der Waals surface area (Å²) in [5.41, 5.74) is 4.60. The molecule has 3 rings (SSSR count). The number of hydrogen-bond donors (Lipinski definition) is 1. The Balaban J connectivity index is 1.79. The molecule has 0 radical (unpaired) electrons. The van der Waals surface area contributed by atoms with E-state index in [2.05, 4.69) is 50.3 Å². The lowest BCUT2D eigenvalue weighted by Crippen LogP contribution is -2.13. The standard InChI is InChI=1S/C27H34O2/c1-3-5-6-8-21-11-18-25(27(28)29)26(19-21)24-16-14-23(15-17-24)22-12-9-20(7-4-2)10-13-22/h6,8,11,14-20,22H,3-5,7,9-10,12-13H2,1-2H3,(H,28,29). The maximum absolute atomic E-state index is 11.7. The van der Waals surface area contributed by atoms with Crippen LogP contribution in [0.25, 0.3) is 17.2 Å². The van der Waals surface area contributed by atoms with Crippen molar-refractivity contribution in [3.63, 3.8) is 0 Å². The topological polar surface area (TPSA) is 37.3 Å². The van der Waals surface area contributed by atoms with Gasteiger partial charge in [-0.25, -0.2) is 4.79 Å². The fourth-order valence-electron chi connectivity index (χ4n) is 4.60. The highest BCUT2D eigenvalue weighted by molar-refractivity contribution is 5.96. The number of carbonyl (C=O) groups is 1. The van der Waals surface area contributed by atoms with E-state index in [9.17, 15) is 9.90 Å². The predicted octanol–water partition coefficient (Wildman–Crippen LogP) is 7.94. The molecule has 0 unspecified atom stereocenters. The normalized spacial score (nSPS) is 19.5. The van der Waals surface area contributed by atoms with Crippen LogP contribution < -0.4 is 0 Å². The Bertz CT molecular complexity index is 824. The zero-order valence-corrected chi connectivity index (χ0v) is 17.9. The summed E-state index contributed by atoms with van der Waals surface area (Å²) in [5.74, 6) is 0.693. The van der Waals surface area contributed by atoms with Gasteiger partial charge in [0, 0.05) is 0 Å². The summed E-state index contributed by atoms with van der Waals surface area (Å²) in [7, 11) is 0. The Morgan fingerprint density at radius 3 is 2.34 bits per heavy atom. The molecule has 0 saturated heterocycles. The summed E-state index contributed by atoms with van der Waals surface area (Å²) in [6.45, 7) is 4.44. The molecule has 0 aliphatic heterocycles. The maximum Gasteiger partial charge on any atom is 0.336 e. The van der Waals surface area contributed by atoms with Crippen molar-refractivity contribution in [2.75, 3.05) is 0 Å². The summed E-state index contributed by atoms with van der Waals surface area (Å²) in [5, 5.41) is 9.64. The fraction of sp³-hybridized carbons (Fsp3) is 0.444. The Hall–Kier alpha value is -2.35. The molecule has 0 aromatic heterocycles. The molecule has 2 nitrogen and oxygen atoms in total. The van der Waals surface area contributed by atoms with Crippen molar-refractivity contribution in [2.24, 2.45) is 5.92 Å². The van der Waals surface area contributed by atoms with Crippen LogP contribution in [0.15, 0.2) is 48.5 Å². The molecule has 1 aliphatic rings. The van der Waals surface area contributed by atoms with Crippen LogP contribution in [0.5, 0.6) is 0 Å². The molecule has 0 heterocycles. The highest BCUT2D eigenvalue weighted by Gasteiger charge is 2.22. The van der Waals surface area contributed by atoms with E-state index in [-0.39, 0.29) is 0 Å². The Labute approximate surface area is 175 Å². The van der Waals surface area contributed by atoms with Gasteiger partial charge in [0.05, 0.1) is 5.56 Å². The summed E-state index contributed by atoms with van der Waals surface area (Å²) in [6.07, 6.45) is 14.3. The molecule has 2 heteroatoms. The van der Waals surface area contributed by atoms with Crippen molar-refractivity contribution >= 4 is 12.0 Å². The van der Waals surface area contributed by atoms with Gasteiger partial charge >= 0.3 is 5.97 Å². The van der Waals surface area contributed by atoms with E-state index >= 15 is 0 Å². The van der Waals surface area contributed by atoms with Gasteiger partial charge < -0.3 is 5.11 Å². The molecule has 154 valence electrons. The average molecular weight is 391 g/mol. The minimum absolute atomic E-state index is 0.366. The molecule has 1 saturated carbocycles. The molecule has 2 aromatic rings. The maximum atomic E-state index is 11.7. The van der Waals surface area contributed by atoms with E-state index in [4.69, 9.17) is 0 Å². The van der Waals surface area contributed by atoms with Crippen LogP contribution in [0, 0.1) is 5.92 Å². The van der Waals surface area contributed by atoms with Crippen LogP contribution in [-0.4, -0.2) is 11.1 Å². The summed E-state index contributed by atoms with van der Waals surface area (Å²) >= 11 is 0. The fourth-order valence-corrected chi connectivity index (χ4v) is 4.60. The van der Waals surface area contributed by atoms with Crippen LogP contribution in [0.1, 0.15) is 92.6 Å². The first-order valence-corrected chi connectivity index (χ1v) is 11.3. The Kier molecular flexibility index (Phi) is 7.69. The minimum Gasteiger partial charge on any atom is -0.478 e. The lowest BCUT2D eigenvalue weighted by molar-refractivity contribution is 0.0697. The molecule has 0 amide bonds. The molecule has 0 bridgehead atoms. The molecular formula is C27H34O2. The van der Waals surface area contributed by atoms with Gasteiger partial charge in [-0.3, -0.25) is 0 Å². The van der Waals surface area contributed by atoms with Crippen molar-refractivity contribution in [3.8, 4) is 11.1 Å². The van der Waals surface area contributed by atoms with E-state index in [1.54, 1.807) is 6.07 Å². The van der Waals surface area contributed by atoms with Gasteiger partial charge in [-0.1, -0.05) is 75.6 Å². The van der Waals surface area contributed by atoms with Crippen molar-refractivity contribution in [3.05, 3.63) is 65.2 Å². The van der Waals surface area contributed by atoms with Crippen LogP contribution in [0.4, 0.5) is 0 Å². The quantitative estimate of drug-likeness (QED) is 0.496. The molecule has 1 N–H and O–H groups in total. The molecule has 1 fully saturated rings. The van der Waals surface area contributed by atoms with Crippen LogP contribution in [0.2, 0.25) is 0 Å². The SMILES string of the molecule is CCCC=Cc1ccc(C(=O)O)c(-c2ccc(C3CCC(CCC)CC3)cc2)c1. The second-order valence-corrected chi connectivity index (χ2v) is 8.43. The van der Waals surface area contributed by atoms with Crippen molar-refractivity contribution in [1.29, 1.82) is 0 Å². The van der Waals surface area contributed by atoms with Gasteiger partial charge in [-0.05, 0) is 78.3 Å². The van der Waals surface area contributed by atoms with E-state index in [1.807, 2.05) is 12.1 Å². The summed E-state index contributed by atoms with van der Waals surface area (Å²) < 4.78 is 0. The molecule has 0 spiro atoms. The second kappa shape index (κ2) is 10.4. The third-order valence-electron chi connectivity index (χ3n) is 6.28. The number of benzene rings is 2. The van der Waals surface area contributed by atoms with Crippen molar-refractivity contribution in [2.45, 2.75) is 71.1 Å². The summed E-state index contributed by atoms with van der Waals surface area (Å²) in [6, 6.07) is 14.3. The van der Waals surface area contributed by atoms with Gasteiger partial charge in [-0.15, -0.1) is 0 Å². The number of unbranched alkanes of at least 4 members (excludes halogenated alkanes) is 1. The molecule has 2 aromatic carbocycles. The zero-order chi connectivity index (χ0) is 20.6. The van der Waals surface area contributed by atoms with Crippen molar-refractivity contribution in [1.82, 2.24) is 0 Å². The first-order chi connectivity index (χ1) is 14.1. The van der Waals surface area contributed by atoms with Gasteiger partial charge in [-0.2, -0.15) is 0 Å². The number of rotatable bonds is 8. The van der Waals surface area contributed by atoms with E-state index in [1.165, 1.54) is 44.1 Å². The van der Waals surface area contributed by atoms with Crippen LogP contribution in [-0.2, 0) is 0 Å². The molecule has 29 heavy (non-hydrogen) atoms. The Morgan fingerprint density at radius 2 is 1.72 bits per heavy atom. The minimum atomic E-state index is -0.873. The zero-order valence-electron chi connectivity index (χ0n) is 17.9. The molecular weight excluding hydrogens is 356 g/mol. The van der Waals surface area contributed by atoms with E-state index in [0.717, 1.165) is 35.4 Å². The first-order valence-electron chi connectivity index (χ1n) is 11.3. The highest BCUT2D eigenvalue weighted by Crippen LogP contribution is 2.38. The largest absolute Gasteiger partial charge is 0.478 e. The number of hydrogen-bond acceptors (Lipinski definition) is 1. The number of carboxylic acid groups (broad SMARTS) is 1. The number of carboxylic acids is 1. The lowest BCUT2D eigenvalue weighted by Gasteiger charge is -2.28. The van der Waals surface area contributed by atoms with Gasteiger partial charge in [0.2, 0.25) is 0 Å². The van der Waals surface area contributed by atoms with Crippen molar-refractivity contribution < 1.29 is 9.90 Å². The van der Waals surface area contributed by atoms with Crippen LogP contribution in [0.3, 0.4) is 0 Å². The second-order valence-electron chi connectivity index (χ2n) is 8.43. The number of aromatic carboxylic acids is 1. The Morgan fingerprint density at radius 1 is 1.00 bits per heavy atom. The summed E-state index contributed by atoms with van der Waals surface area (Å²) in [4.78, 5) is 11.7. The van der Waals surface area contributed by atoms with E-state index < -0.39 is 5.97 Å². The van der Waals surface area contributed by atoms with Gasteiger partial charge in [0.15, 0.2) is 0 Å². The third-order valence-corrected chi connectivity index (χ3v) is 6.28. The highest BCUT2D eigenvalue weighted by atomic mass is 16.4. The molecule has 0 atom stereocenters. The van der Waals surface area contributed by atoms with Crippen LogP contribution >= 0.6 is 0 Å². The smallest absolute Gasteiger partial charge is 0.336 e. The third kappa shape index (κ3) is 5.59. The molecule has 1 aliphatic carbocycles. The van der Waals surface area contributed by atoms with E-state index in [0.29, 0.717) is 11.5 Å². The first kappa shape index (κ1) is 21.4. The lowest BCUT2D eigenvalue weighted by atomic mass is 9.77. The van der Waals surface area contributed by atoms with Gasteiger partial charge in [0.1, 0.15) is 0 Å². The number of allylic oxidation sites excluding steroid dienone is 1. The van der Waals surface area contributed by atoms with Gasteiger partial charge in [0.25, 0.3) is 0 Å².